The molecule has 14 heteroatoms. The molecule has 2 N–H and O–H groups in total. The zero-order valence-corrected chi connectivity index (χ0v) is 18.1. The average Bonchev–Trinajstić information content (AvgIpc) is 3.68. The summed E-state index contributed by atoms with van der Waals surface area (Å²) < 4.78 is 80.0. The number of hydrogen-bond donors (Lipinski definition) is 2. The maximum absolute atomic E-state index is 13.3. The molecule has 2 aliphatic rings. The molecule has 0 saturated carbocycles. The number of carboxylic acid groups (broad SMARTS) is 2. The highest BCUT2D eigenvalue weighted by molar-refractivity contribution is 5.90. The Morgan fingerprint density at radius 1 is 0.667 bits per heavy atom. The predicted octanol–water partition coefficient (Wildman–Crippen LogP) is 6.01. The van der Waals surface area contributed by atoms with Crippen LogP contribution in [0.3, 0.4) is 0 Å². The zero-order valence-electron chi connectivity index (χ0n) is 18.1. The maximum Gasteiger partial charge on any atom is 0.442 e. The van der Waals surface area contributed by atoms with Gasteiger partial charge in [0.25, 0.3) is 0 Å². The fraction of sp³-hybridized carbons (Fsp3) is 0.364. The third-order valence-corrected chi connectivity index (χ3v) is 6.01. The molecule has 8 nitrogen and oxygen atoms in total. The van der Waals surface area contributed by atoms with Gasteiger partial charge in [-0.05, 0) is 48.9 Å². The van der Waals surface area contributed by atoms with Gasteiger partial charge in [0.15, 0.2) is 0 Å². The average molecular weight is 514 g/mol. The molecule has 2 aliphatic heterocycles. The highest BCUT2D eigenvalue weighted by Gasteiger charge is 2.66. The fourth-order valence-electron chi connectivity index (χ4n) is 3.97. The molecule has 0 fully saturated rings. The highest BCUT2D eigenvalue weighted by atomic mass is 19.4. The Morgan fingerprint density at radius 2 is 1.00 bits per heavy atom. The van der Waals surface area contributed by atoms with Crippen LogP contribution in [0.15, 0.2) is 56.9 Å². The van der Waals surface area contributed by atoms with Crippen molar-refractivity contribution >= 4 is 11.9 Å². The number of halogens is 6. The minimum atomic E-state index is -4.79. The smallest absolute Gasteiger partial charge is 0.442 e. The van der Waals surface area contributed by atoms with E-state index in [9.17, 15) is 46.1 Å². The predicted molar refractivity (Wildman–Crippen MR) is 109 cm³/mol. The molecule has 2 aromatic carbocycles. The summed E-state index contributed by atoms with van der Waals surface area (Å²) in [4.78, 5) is 23.1. The minimum Gasteiger partial charge on any atom is -0.478 e. The summed E-state index contributed by atoms with van der Waals surface area (Å²) in [7, 11) is 0. The van der Waals surface area contributed by atoms with Crippen molar-refractivity contribution in [3.63, 3.8) is 0 Å². The fourth-order valence-corrected chi connectivity index (χ4v) is 3.97. The topological polar surface area (TPSA) is 124 Å². The SMILES string of the molecule is O=C(O)c1ccc(C2(C(F)(F)F)N=N2)cc1CCCCc1cc(C2(C(F)(F)F)N=N2)ccc1C(=O)O. The number of hydrogen-bond acceptors (Lipinski definition) is 6. The Kier molecular flexibility index (Phi) is 5.88. The van der Waals surface area contributed by atoms with Crippen molar-refractivity contribution in [2.75, 3.05) is 0 Å². The molecule has 36 heavy (non-hydrogen) atoms. The molecule has 0 saturated heterocycles. The summed E-state index contributed by atoms with van der Waals surface area (Å²) in [5.41, 5.74) is -6.33. The quantitative estimate of drug-likeness (QED) is 0.314. The Bertz CT molecular complexity index is 1190. The largest absolute Gasteiger partial charge is 0.478 e. The van der Waals surface area contributed by atoms with Gasteiger partial charge in [-0.3, -0.25) is 0 Å². The number of aryl methyl sites for hydroxylation is 2. The molecule has 0 aromatic heterocycles. The van der Waals surface area contributed by atoms with Gasteiger partial charge in [-0.1, -0.05) is 24.3 Å². The molecule has 2 aromatic rings. The van der Waals surface area contributed by atoms with Crippen LogP contribution in [0.4, 0.5) is 26.3 Å². The van der Waals surface area contributed by atoms with Crippen molar-refractivity contribution in [3.05, 3.63) is 69.8 Å². The number of benzene rings is 2. The lowest BCUT2D eigenvalue weighted by atomic mass is 9.92. The number of unbranched alkanes of at least 4 members (excludes halogenated alkanes) is 1. The van der Waals surface area contributed by atoms with Gasteiger partial charge in [-0.25, -0.2) is 9.59 Å². The Morgan fingerprint density at radius 3 is 1.25 bits per heavy atom. The second-order valence-electron chi connectivity index (χ2n) is 8.30. The van der Waals surface area contributed by atoms with Gasteiger partial charge in [0.2, 0.25) is 0 Å². The van der Waals surface area contributed by atoms with E-state index in [1.165, 1.54) is 0 Å². The van der Waals surface area contributed by atoms with Crippen molar-refractivity contribution < 1.29 is 46.1 Å². The Hall–Kier alpha value is -3.84. The number of rotatable bonds is 9. The molecular formula is C22H16F6N4O4. The number of alkyl halides is 6. The minimum absolute atomic E-state index is 0.0165. The number of nitrogens with zero attached hydrogens (tertiary/aromatic N) is 4. The van der Waals surface area contributed by atoms with E-state index in [0.717, 1.165) is 36.4 Å². The monoisotopic (exact) mass is 514 g/mol. The van der Waals surface area contributed by atoms with Crippen molar-refractivity contribution in [1.82, 2.24) is 0 Å². The lowest BCUT2D eigenvalue weighted by Crippen LogP contribution is -2.30. The summed E-state index contributed by atoms with van der Waals surface area (Å²) in [5, 5.41) is 31.2. The third kappa shape index (κ3) is 4.31. The van der Waals surface area contributed by atoms with Crippen LogP contribution in [0.5, 0.6) is 0 Å². The second-order valence-corrected chi connectivity index (χ2v) is 8.30. The van der Waals surface area contributed by atoms with E-state index < -0.39 is 35.6 Å². The number of aromatic carboxylic acids is 2. The van der Waals surface area contributed by atoms with Gasteiger partial charge < -0.3 is 10.2 Å². The normalized spacial score (nSPS) is 17.2. The Labute approximate surface area is 198 Å². The van der Waals surface area contributed by atoms with Gasteiger partial charge in [0.05, 0.1) is 11.1 Å². The van der Waals surface area contributed by atoms with Crippen molar-refractivity contribution in [3.8, 4) is 0 Å². The summed E-state index contributed by atoms with van der Waals surface area (Å²) >= 11 is 0. The van der Waals surface area contributed by atoms with Crippen LogP contribution in [-0.2, 0) is 24.2 Å². The standard InChI is InChI=1S/C22H16F6N4O4/c23-21(24,25)19(29-30-19)13-5-7-15(17(33)34)11(9-13)3-1-2-4-12-10-14(6-8-16(12)18(35)36)20(31-32-20)22(26,27)28/h5-10H,1-4H2,(H,33,34)(H,35,36). The van der Waals surface area contributed by atoms with Crippen molar-refractivity contribution in [1.29, 1.82) is 0 Å². The van der Waals surface area contributed by atoms with Crippen LogP contribution in [0, 0.1) is 0 Å². The summed E-state index contributed by atoms with van der Waals surface area (Å²) in [6.07, 6.45) is -9.13. The molecule has 4 rings (SSSR count). The Balaban J connectivity index is 1.51. The van der Waals surface area contributed by atoms with E-state index in [1.54, 1.807) is 0 Å². The van der Waals surface area contributed by atoms with E-state index >= 15 is 0 Å². The van der Waals surface area contributed by atoms with Gasteiger partial charge in [0, 0.05) is 11.1 Å². The molecule has 0 unspecified atom stereocenters. The molecule has 0 radical (unpaired) electrons. The molecule has 0 aliphatic carbocycles. The van der Waals surface area contributed by atoms with Crippen LogP contribution in [-0.4, -0.2) is 34.5 Å². The molecule has 0 amide bonds. The maximum atomic E-state index is 13.3. The summed E-state index contributed by atoms with van der Waals surface area (Å²) in [6.45, 7) is 0. The summed E-state index contributed by atoms with van der Waals surface area (Å²) in [6, 6.07) is 6.21. The van der Waals surface area contributed by atoms with Crippen LogP contribution in [0.1, 0.15) is 55.8 Å². The molecule has 0 atom stereocenters. The molecule has 190 valence electrons. The second kappa shape index (κ2) is 8.38. The molecule has 0 spiro atoms. The highest BCUT2D eigenvalue weighted by Crippen LogP contribution is 2.53. The van der Waals surface area contributed by atoms with Crippen molar-refractivity contribution in [2.45, 2.75) is 49.4 Å². The van der Waals surface area contributed by atoms with Crippen LogP contribution in [0.2, 0.25) is 0 Å². The van der Waals surface area contributed by atoms with E-state index in [-0.39, 0.29) is 59.1 Å². The number of carboxylic acids is 2. The lowest BCUT2D eigenvalue weighted by molar-refractivity contribution is -0.166. The zero-order chi connectivity index (χ0) is 26.5. The first-order valence-electron chi connectivity index (χ1n) is 10.5. The molecule has 2 heterocycles. The van der Waals surface area contributed by atoms with E-state index in [4.69, 9.17) is 0 Å². The van der Waals surface area contributed by atoms with Crippen molar-refractivity contribution in [2.24, 2.45) is 20.5 Å². The van der Waals surface area contributed by atoms with Gasteiger partial charge in [0.1, 0.15) is 0 Å². The first-order chi connectivity index (χ1) is 16.7. The van der Waals surface area contributed by atoms with E-state index in [0.29, 0.717) is 0 Å². The third-order valence-electron chi connectivity index (χ3n) is 6.01. The van der Waals surface area contributed by atoms with E-state index in [2.05, 4.69) is 20.5 Å². The van der Waals surface area contributed by atoms with Gasteiger partial charge in [-0.15, -0.1) is 20.5 Å². The van der Waals surface area contributed by atoms with Gasteiger partial charge in [-0.2, -0.15) is 26.3 Å². The molecule has 0 bridgehead atoms. The summed E-state index contributed by atoms with van der Waals surface area (Å²) in [5.74, 6) is -2.70. The van der Waals surface area contributed by atoms with Crippen LogP contribution in [0.25, 0.3) is 0 Å². The van der Waals surface area contributed by atoms with E-state index in [1.807, 2.05) is 0 Å². The molecular weight excluding hydrogens is 498 g/mol. The van der Waals surface area contributed by atoms with Crippen LogP contribution >= 0.6 is 0 Å². The first-order valence-corrected chi connectivity index (χ1v) is 10.5. The lowest BCUT2D eigenvalue weighted by Gasteiger charge is -2.17. The number of carbonyl (C=O) groups is 2. The van der Waals surface area contributed by atoms with Gasteiger partial charge >= 0.3 is 35.6 Å². The van der Waals surface area contributed by atoms with Crippen LogP contribution < -0.4 is 0 Å². The first kappa shape index (κ1) is 25.3.